The Morgan fingerprint density at radius 2 is 1.66 bits per heavy atom. The van der Waals surface area contributed by atoms with Gasteiger partial charge in [0.1, 0.15) is 24.9 Å². The van der Waals surface area contributed by atoms with Crippen LogP contribution in [0.4, 0.5) is 5.69 Å². The van der Waals surface area contributed by atoms with Crippen molar-refractivity contribution >= 4 is 17.5 Å². The highest BCUT2D eigenvalue weighted by Crippen LogP contribution is 2.32. The first-order chi connectivity index (χ1) is 14.2. The molecule has 0 radical (unpaired) electrons. The third kappa shape index (κ3) is 4.35. The number of nitrogens with one attached hydrogen (secondary N) is 2. The maximum absolute atomic E-state index is 13.0. The summed E-state index contributed by atoms with van der Waals surface area (Å²) >= 11 is 0. The molecule has 2 N–H and O–H groups in total. The molecule has 29 heavy (non-hydrogen) atoms. The van der Waals surface area contributed by atoms with Crippen LogP contribution >= 0.6 is 0 Å². The van der Waals surface area contributed by atoms with Crippen molar-refractivity contribution in [2.75, 3.05) is 18.5 Å². The van der Waals surface area contributed by atoms with Crippen molar-refractivity contribution in [2.24, 2.45) is 0 Å². The summed E-state index contributed by atoms with van der Waals surface area (Å²) in [5.74, 6) is 0.397. The first-order valence-electron chi connectivity index (χ1n) is 9.18. The molecule has 0 saturated heterocycles. The summed E-state index contributed by atoms with van der Waals surface area (Å²) in [4.78, 5) is 29.7. The smallest absolute Gasteiger partial charge is 0.270 e. The zero-order valence-corrected chi connectivity index (χ0v) is 15.5. The van der Waals surface area contributed by atoms with Gasteiger partial charge in [-0.05, 0) is 29.8 Å². The van der Waals surface area contributed by atoms with Crippen LogP contribution in [-0.4, -0.2) is 30.0 Å². The van der Waals surface area contributed by atoms with Gasteiger partial charge in [0.2, 0.25) is 0 Å². The summed E-state index contributed by atoms with van der Waals surface area (Å²) in [7, 11) is 0. The number of aromatic nitrogens is 1. The van der Waals surface area contributed by atoms with E-state index in [9.17, 15) is 9.59 Å². The van der Waals surface area contributed by atoms with Crippen molar-refractivity contribution < 1.29 is 19.1 Å². The van der Waals surface area contributed by atoms with Crippen molar-refractivity contribution in [3.05, 3.63) is 84.2 Å². The molecule has 2 amide bonds. The topological polar surface area (TPSA) is 89.6 Å². The van der Waals surface area contributed by atoms with Crippen LogP contribution in [0.2, 0.25) is 0 Å². The summed E-state index contributed by atoms with van der Waals surface area (Å²) in [5, 5.41) is 5.60. The first-order valence-corrected chi connectivity index (χ1v) is 9.18. The number of hydrogen-bond acceptors (Lipinski definition) is 5. The molecule has 0 spiro atoms. The molecule has 146 valence electrons. The molecule has 1 unspecified atom stereocenters. The Kier molecular flexibility index (Phi) is 5.38. The van der Waals surface area contributed by atoms with Crippen LogP contribution in [0, 0.1) is 0 Å². The largest absolute Gasteiger partial charge is 0.486 e. The van der Waals surface area contributed by atoms with Crippen molar-refractivity contribution in [2.45, 2.75) is 6.04 Å². The number of nitrogens with zero attached hydrogens (tertiary/aromatic N) is 1. The molecule has 1 aromatic heterocycles. The summed E-state index contributed by atoms with van der Waals surface area (Å²) in [6, 6.07) is 18.4. The lowest BCUT2D eigenvalue weighted by Gasteiger charge is -2.21. The van der Waals surface area contributed by atoms with Gasteiger partial charge in [-0.15, -0.1) is 0 Å². The lowest BCUT2D eigenvalue weighted by atomic mass is 10.1. The predicted octanol–water partition coefficient (Wildman–Crippen LogP) is 2.96. The molecule has 0 aliphatic carbocycles. The average Bonchev–Trinajstić information content (AvgIpc) is 2.78. The maximum Gasteiger partial charge on any atom is 0.270 e. The molecule has 2 heterocycles. The van der Waals surface area contributed by atoms with E-state index in [1.54, 1.807) is 48.5 Å². The van der Waals surface area contributed by atoms with E-state index >= 15 is 0 Å². The van der Waals surface area contributed by atoms with Gasteiger partial charge in [0.25, 0.3) is 11.8 Å². The van der Waals surface area contributed by atoms with Gasteiger partial charge in [-0.1, -0.05) is 36.4 Å². The number of hydrogen-bond donors (Lipinski definition) is 2. The molecule has 3 aromatic rings. The molecule has 1 aliphatic rings. The fourth-order valence-corrected chi connectivity index (χ4v) is 2.98. The number of carbonyl (C=O) groups is 2. The second-order valence-electron chi connectivity index (χ2n) is 6.38. The minimum atomic E-state index is -0.890. The monoisotopic (exact) mass is 389 g/mol. The summed E-state index contributed by atoms with van der Waals surface area (Å²) < 4.78 is 11.1. The molecule has 1 atom stereocenters. The van der Waals surface area contributed by atoms with Crippen molar-refractivity contribution in [3.8, 4) is 11.5 Å². The van der Waals surface area contributed by atoms with E-state index in [0.717, 1.165) is 0 Å². The molecule has 1 aliphatic heterocycles. The number of ether oxygens (including phenoxy) is 2. The Morgan fingerprint density at radius 1 is 0.897 bits per heavy atom. The molecule has 7 nitrogen and oxygen atoms in total. The van der Waals surface area contributed by atoms with Crippen LogP contribution in [0.25, 0.3) is 0 Å². The highest BCUT2D eigenvalue weighted by atomic mass is 16.6. The predicted molar refractivity (Wildman–Crippen MR) is 107 cm³/mol. The van der Waals surface area contributed by atoms with Gasteiger partial charge in [0, 0.05) is 18.0 Å². The Balaban J connectivity index is 1.56. The highest BCUT2D eigenvalue weighted by Gasteiger charge is 2.24. The van der Waals surface area contributed by atoms with Gasteiger partial charge in [-0.3, -0.25) is 14.6 Å². The molecular weight excluding hydrogens is 370 g/mol. The lowest BCUT2D eigenvalue weighted by Crippen LogP contribution is -2.37. The van der Waals surface area contributed by atoms with Crippen LogP contribution in [-0.2, 0) is 4.79 Å². The molecule has 0 bridgehead atoms. The number of benzene rings is 2. The van der Waals surface area contributed by atoms with E-state index in [4.69, 9.17) is 9.47 Å². The Morgan fingerprint density at radius 3 is 2.41 bits per heavy atom. The zero-order valence-electron chi connectivity index (χ0n) is 15.5. The highest BCUT2D eigenvalue weighted by molar-refractivity contribution is 6.01. The number of carbonyl (C=O) groups excluding carboxylic acids is 2. The van der Waals surface area contributed by atoms with Gasteiger partial charge in [-0.25, -0.2) is 0 Å². The van der Waals surface area contributed by atoms with Crippen LogP contribution in [0.1, 0.15) is 22.1 Å². The standard InChI is InChI=1S/C22H19N3O4/c26-21(17-8-4-5-11-23-17)25-20(15-6-2-1-3-7-15)22(27)24-16-9-10-18-19(14-16)29-13-12-28-18/h1-11,14,20H,12-13H2,(H,24,27)(H,25,26). The number of anilines is 1. The van der Waals surface area contributed by atoms with Crippen LogP contribution in [0.15, 0.2) is 72.9 Å². The third-order valence-electron chi connectivity index (χ3n) is 4.38. The van der Waals surface area contributed by atoms with Gasteiger partial charge in [-0.2, -0.15) is 0 Å². The molecule has 0 fully saturated rings. The van der Waals surface area contributed by atoms with Gasteiger partial charge >= 0.3 is 0 Å². The van der Waals surface area contributed by atoms with Crippen LogP contribution in [0.5, 0.6) is 11.5 Å². The van der Waals surface area contributed by atoms with Gasteiger partial charge in [0.05, 0.1) is 0 Å². The Bertz CT molecular complexity index is 1010. The van der Waals surface area contributed by atoms with E-state index < -0.39 is 11.9 Å². The van der Waals surface area contributed by atoms with Gasteiger partial charge < -0.3 is 20.1 Å². The normalized spacial score (nSPS) is 13.2. The van der Waals surface area contributed by atoms with E-state index in [1.165, 1.54) is 6.20 Å². The fourth-order valence-electron chi connectivity index (χ4n) is 2.98. The zero-order chi connectivity index (χ0) is 20.1. The number of pyridine rings is 1. The van der Waals surface area contributed by atoms with Crippen molar-refractivity contribution in [1.82, 2.24) is 10.3 Å². The Labute approximate surface area is 167 Å². The minimum absolute atomic E-state index is 0.237. The van der Waals surface area contributed by atoms with E-state index in [2.05, 4.69) is 15.6 Å². The molecule has 2 aromatic carbocycles. The average molecular weight is 389 g/mol. The van der Waals surface area contributed by atoms with Crippen LogP contribution in [0.3, 0.4) is 0 Å². The fraction of sp³-hybridized carbons (Fsp3) is 0.136. The van der Waals surface area contributed by atoms with E-state index in [-0.39, 0.29) is 11.6 Å². The Hall–Kier alpha value is -3.87. The van der Waals surface area contributed by atoms with E-state index in [1.807, 2.05) is 18.2 Å². The van der Waals surface area contributed by atoms with Crippen molar-refractivity contribution in [3.63, 3.8) is 0 Å². The van der Waals surface area contributed by atoms with Gasteiger partial charge in [0.15, 0.2) is 11.5 Å². The maximum atomic E-state index is 13.0. The van der Waals surface area contributed by atoms with E-state index in [0.29, 0.717) is 36.0 Å². The number of rotatable bonds is 5. The number of amides is 2. The second-order valence-corrected chi connectivity index (χ2v) is 6.38. The molecular formula is C22H19N3O4. The summed E-state index contributed by atoms with van der Waals surface area (Å²) in [6.07, 6.45) is 1.53. The lowest BCUT2D eigenvalue weighted by molar-refractivity contribution is -0.118. The molecule has 0 saturated carbocycles. The third-order valence-corrected chi connectivity index (χ3v) is 4.38. The summed E-state index contributed by atoms with van der Waals surface area (Å²) in [5.41, 5.74) is 1.44. The molecule has 4 rings (SSSR count). The SMILES string of the molecule is O=C(NC(C(=O)Nc1ccc2c(c1)OCCO2)c1ccccc1)c1ccccn1. The minimum Gasteiger partial charge on any atom is -0.486 e. The quantitative estimate of drug-likeness (QED) is 0.700. The first kappa shape index (κ1) is 18.5. The number of fused-ring (bicyclic) bond motifs is 1. The second kappa shape index (κ2) is 8.43. The molecule has 7 heteroatoms. The van der Waals surface area contributed by atoms with Crippen molar-refractivity contribution in [1.29, 1.82) is 0 Å². The summed E-state index contributed by atoms with van der Waals surface area (Å²) in [6.45, 7) is 0.950. The van der Waals surface area contributed by atoms with Crippen LogP contribution < -0.4 is 20.1 Å².